The van der Waals surface area contributed by atoms with Crippen molar-refractivity contribution in [2.75, 3.05) is 6.61 Å². The van der Waals surface area contributed by atoms with Crippen LogP contribution in [0.5, 0.6) is 0 Å². The second-order valence-corrected chi connectivity index (χ2v) is 11.7. The predicted molar refractivity (Wildman–Crippen MR) is 141 cm³/mol. The van der Waals surface area contributed by atoms with Crippen molar-refractivity contribution in [2.45, 2.75) is 70.7 Å². The van der Waals surface area contributed by atoms with E-state index in [1.807, 2.05) is 12.1 Å². The number of hydrogen-bond donors (Lipinski definition) is 0. The molecule has 2 aromatic rings. The topological polar surface area (TPSA) is 141 Å². The van der Waals surface area contributed by atoms with Gasteiger partial charge < -0.3 is 23.7 Å². The molecule has 2 aromatic carbocycles. The molecule has 0 amide bonds. The van der Waals surface area contributed by atoms with E-state index in [1.54, 1.807) is 48.5 Å². The van der Waals surface area contributed by atoms with E-state index in [9.17, 15) is 23.7 Å². The Balaban J connectivity index is 2.05. The highest BCUT2D eigenvalue weighted by Crippen LogP contribution is 2.55. The smallest absolute Gasteiger partial charge is 0.303 e. The largest absolute Gasteiger partial charge is 0.463 e. The number of benzene rings is 2. The van der Waals surface area contributed by atoms with Gasteiger partial charge >= 0.3 is 23.9 Å². The lowest BCUT2D eigenvalue weighted by molar-refractivity contribution is -0.288. The molecule has 3 rings (SSSR count). The van der Waals surface area contributed by atoms with Gasteiger partial charge in [0, 0.05) is 27.7 Å². The first-order valence-electron chi connectivity index (χ1n) is 12.6. The summed E-state index contributed by atoms with van der Waals surface area (Å²) in [5.41, 5.74) is 1.46. The summed E-state index contributed by atoms with van der Waals surface area (Å²) in [5.74, 6) is -2.95. The Morgan fingerprint density at radius 3 is 1.57 bits per heavy atom. The third kappa shape index (κ3) is 9.29. The molecule has 1 aliphatic heterocycles. The van der Waals surface area contributed by atoms with E-state index in [2.05, 4.69) is 0 Å². The van der Waals surface area contributed by atoms with Gasteiger partial charge in [0.2, 0.25) is 13.7 Å². The van der Waals surface area contributed by atoms with Gasteiger partial charge in [-0.05, 0) is 11.1 Å². The van der Waals surface area contributed by atoms with Gasteiger partial charge in [0.05, 0.1) is 12.3 Å². The van der Waals surface area contributed by atoms with Gasteiger partial charge in [0.1, 0.15) is 12.7 Å². The number of carbonyl (C=O) groups is 4. The molecular weight excluding hydrogens is 543 g/mol. The summed E-state index contributed by atoms with van der Waals surface area (Å²) >= 11 is 0. The summed E-state index contributed by atoms with van der Waals surface area (Å²) in [6.45, 7) is 4.14. The van der Waals surface area contributed by atoms with Crippen molar-refractivity contribution in [3.8, 4) is 0 Å². The fraction of sp³-hybridized carbons (Fsp3) is 0.429. The molecule has 40 heavy (non-hydrogen) atoms. The summed E-state index contributed by atoms with van der Waals surface area (Å²) in [5, 5.41) is 0. The minimum atomic E-state index is -3.66. The summed E-state index contributed by atoms with van der Waals surface area (Å²) in [6.07, 6.45) is -6.97. The van der Waals surface area contributed by atoms with Crippen LogP contribution < -0.4 is 0 Å². The number of rotatable bonds is 11. The number of hydrogen-bond acceptors (Lipinski definition) is 11. The van der Waals surface area contributed by atoms with Crippen molar-refractivity contribution >= 4 is 31.2 Å². The molecule has 0 spiro atoms. The Hall–Kier alpha value is -3.53. The second-order valence-electron chi connectivity index (χ2n) is 9.28. The van der Waals surface area contributed by atoms with E-state index in [-0.39, 0.29) is 12.3 Å². The average Bonchev–Trinajstić information content (AvgIpc) is 2.86. The molecule has 1 fully saturated rings. The Labute approximate surface area is 232 Å². The third-order valence-corrected chi connectivity index (χ3v) is 8.06. The van der Waals surface area contributed by atoms with Crippen LogP contribution in [0.3, 0.4) is 0 Å². The zero-order valence-corrected chi connectivity index (χ0v) is 23.6. The molecule has 12 heteroatoms. The van der Waals surface area contributed by atoms with Crippen molar-refractivity contribution in [3.05, 3.63) is 71.8 Å². The molecule has 0 bridgehead atoms. The van der Waals surface area contributed by atoms with Crippen LogP contribution in [0, 0.1) is 0 Å². The van der Waals surface area contributed by atoms with Crippen LogP contribution >= 0.6 is 7.37 Å². The zero-order valence-electron chi connectivity index (χ0n) is 22.7. The zero-order chi connectivity index (χ0) is 29.3. The lowest BCUT2D eigenvalue weighted by Gasteiger charge is -2.44. The third-order valence-electron chi connectivity index (χ3n) is 5.78. The van der Waals surface area contributed by atoms with E-state index < -0.39 is 68.6 Å². The minimum absolute atomic E-state index is 0.00953. The minimum Gasteiger partial charge on any atom is -0.463 e. The first-order chi connectivity index (χ1) is 19.0. The fourth-order valence-corrected chi connectivity index (χ4v) is 6.66. The average molecular weight is 577 g/mol. The van der Waals surface area contributed by atoms with Gasteiger partial charge in [-0.25, -0.2) is 0 Å². The maximum absolute atomic E-state index is 14.5. The molecule has 11 nitrogen and oxygen atoms in total. The molecular formula is C28H33O11P. The van der Waals surface area contributed by atoms with Crippen molar-refractivity contribution < 1.29 is 52.0 Å². The molecule has 0 aromatic heterocycles. The number of ether oxygens (including phenoxy) is 5. The second kappa shape index (κ2) is 14.2. The van der Waals surface area contributed by atoms with Gasteiger partial charge in [-0.15, -0.1) is 0 Å². The van der Waals surface area contributed by atoms with Gasteiger partial charge in [-0.3, -0.25) is 28.3 Å². The molecule has 5 atom stereocenters. The van der Waals surface area contributed by atoms with Crippen LogP contribution in [0.15, 0.2) is 60.7 Å². The highest BCUT2D eigenvalue weighted by Gasteiger charge is 2.54. The molecule has 1 aliphatic rings. The SMILES string of the molecule is CC(=O)OC[C@H]1OC(OP(=O)(Cc2ccccc2)Cc2ccccc2)[C@H](OC(C)=O)[C@@H](OC(C)=O)[C@@H]1OC(C)=O. The Morgan fingerprint density at radius 2 is 1.12 bits per heavy atom. The normalized spacial score (nSPS) is 22.6. The lowest BCUT2D eigenvalue weighted by Crippen LogP contribution is -2.62. The quantitative estimate of drug-likeness (QED) is 0.219. The van der Waals surface area contributed by atoms with E-state index in [0.29, 0.717) is 0 Å². The maximum atomic E-state index is 14.5. The van der Waals surface area contributed by atoms with E-state index in [0.717, 1.165) is 31.9 Å². The monoisotopic (exact) mass is 576 g/mol. The standard InChI is InChI=1S/C28H33O11P/c1-18(29)34-15-24-25(35-19(2)30)26(36-20(3)31)27(37-21(4)32)28(38-24)39-40(33,16-22-11-7-5-8-12-22)17-23-13-9-6-10-14-23/h5-14,24-28H,15-17H2,1-4H3/t24-,25-,26+,27-,28?/m1/s1. The Bertz CT molecular complexity index is 1170. The van der Waals surface area contributed by atoms with Crippen LogP contribution in [-0.2, 0) is 64.3 Å². The lowest BCUT2D eigenvalue weighted by atomic mass is 9.98. The summed E-state index contributed by atoms with van der Waals surface area (Å²) in [6, 6.07) is 18.1. The molecule has 1 saturated heterocycles. The number of carbonyl (C=O) groups excluding carboxylic acids is 4. The summed E-state index contributed by atoms with van der Waals surface area (Å²) in [7, 11) is -3.66. The van der Waals surface area contributed by atoms with Gasteiger partial charge in [-0.1, -0.05) is 60.7 Å². The van der Waals surface area contributed by atoms with Gasteiger partial charge in [0.25, 0.3) is 0 Å². The summed E-state index contributed by atoms with van der Waals surface area (Å²) in [4.78, 5) is 47.8. The van der Waals surface area contributed by atoms with Crippen molar-refractivity contribution in [1.29, 1.82) is 0 Å². The van der Waals surface area contributed by atoms with Crippen LogP contribution in [0.1, 0.15) is 38.8 Å². The van der Waals surface area contributed by atoms with Crippen molar-refractivity contribution in [3.63, 3.8) is 0 Å². The first-order valence-corrected chi connectivity index (χ1v) is 14.6. The molecule has 1 heterocycles. The van der Waals surface area contributed by atoms with E-state index >= 15 is 0 Å². The highest BCUT2D eigenvalue weighted by molar-refractivity contribution is 7.57. The summed E-state index contributed by atoms with van der Waals surface area (Å²) < 4.78 is 48.1. The van der Waals surface area contributed by atoms with Crippen LogP contribution in [0.2, 0.25) is 0 Å². The molecule has 0 aliphatic carbocycles. The molecule has 0 saturated carbocycles. The Morgan fingerprint density at radius 1 is 0.675 bits per heavy atom. The molecule has 216 valence electrons. The highest BCUT2D eigenvalue weighted by atomic mass is 31.2. The van der Waals surface area contributed by atoms with Crippen molar-refractivity contribution in [2.24, 2.45) is 0 Å². The van der Waals surface area contributed by atoms with E-state index in [1.165, 1.54) is 6.92 Å². The number of esters is 4. The van der Waals surface area contributed by atoms with Gasteiger partial charge in [0.15, 0.2) is 18.3 Å². The van der Waals surface area contributed by atoms with E-state index in [4.69, 9.17) is 28.2 Å². The molecule has 0 radical (unpaired) electrons. The molecule has 1 unspecified atom stereocenters. The van der Waals surface area contributed by atoms with Crippen LogP contribution in [0.25, 0.3) is 0 Å². The van der Waals surface area contributed by atoms with Gasteiger partial charge in [-0.2, -0.15) is 0 Å². The van der Waals surface area contributed by atoms with Crippen LogP contribution in [0.4, 0.5) is 0 Å². The first kappa shape index (κ1) is 31.0. The van der Waals surface area contributed by atoms with Crippen LogP contribution in [-0.4, -0.2) is 61.2 Å². The predicted octanol–water partition coefficient (Wildman–Crippen LogP) is 3.76. The maximum Gasteiger partial charge on any atom is 0.303 e. The fourth-order valence-electron chi connectivity index (χ4n) is 4.32. The Kier molecular flexibility index (Phi) is 11.0. The molecule has 0 N–H and O–H groups in total. The van der Waals surface area contributed by atoms with Crippen molar-refractivity contribution in [1.82, 2.24) is 0 Å².